The second-order valence-electron chi connectivity index (χ2n) is 2.26. The van der Waals surface area contributed by atoms with E-state index in [-0.39, 0.29) is 11.9 Å². The molecular weight excluding hydrogens is 116 g/mol. The SMILES string of the molecule is CNC(=O)[C@@H]1CCCN1. The van der Waals surface area contributed by atoms with E-state index in [1.54, 1.807) is 7.05 Å². The predicted molar refractivity (Wildman–Crippen MR) is 35.1 cm³/mol. The molecule has 52 valence electrons. The molecule has 0 spiro atoms. The molecule has 0 radical (unpaired) electrons. The largest absolute Gasteiger partial charge is 0.358 e. The van der Waals surface area contributed by atoms with Crippen LogP contribution < -0.4 is 10.6 Å². The molecule has 0 bridgehead atoms. The molecule has 3 nitrogen and oxygen atoms in total. The van der Waals surface area contributed by atoms with Crippen molar-refractivity contribution in [3.05, 3.63) is 0 Å². The highest BCUT2D eigenvalue weighted by molar-refractivity contribution is 5.81. The van der Waals surface area contributed by atoms with Crippen LogP contribution in [0, 0.1) is 0 Å². The van der Waals surface area contributed by atoms with Crippen molar-refractivity contribution < 1.29 is 4.79 Å². The Labute approximate surface area is 54.8 Å². The smallest absolute Gasteiger partial charge is 0.236 e. The quantitative estimate of drug-likeness (QED) is 0.499. The zero-order valence-corrected chi connectivity index (χ0v) is 5.61. The number of hydrogen-bond acceptors (Lipinski definition) is 2. The highest BCUT2D eigenvalue weighted by Crippen LogP contribution is 2.03. The molecule has 2 N–H and O–H groups in total. The molecule has 0 aliphatic carbocycles. The summed E-state index contributed by atoms with van der Waals surface area (Å²) >= 11 is 0. The van der Waals surface area contributed by atoms with Crippen molar-refractivity contribution in [1.82, 2.24) is 10.6 Å². The molecule has 0 aromatic carbocycles. The fourth-order valence-electron chi connectivity index (χ4n) is 1.08. The maximum absolute atomic E-state index is 10.8. The van der Waals surface area contributed by atoms with Gasteiger partial charge in [0, 0.05) is 7.05 Å². The normalized spacial score (nSPS) is 26.1. The van der Waals surface area contributed by atoms with Crippen molar-refractivity contribution in [2.45, 2.75) is 18.9 Å². The molecule has 1 rings (SSSR count). The summed E-state index contributed by atoms with van der Waals surface area (Å²) in [5, 5.41) is 5.70. The van der Waals surface area contributed by atoms with Gasteiger partial charge in [0.25, 0.3) is 0 Å². The fraction of sp³-hybridized carbons (Fsp3) is 0.833. The summed E-state index contributed by atoms with van der Waals surface area (Å²) in [5.41, 5.74) is 0. The third-order valence-corrected chi connectivity index (χ3v) is 1.62. The standard InChI is InChI=1S/C6H12N2O/c1-7-6(9)5-3-2-4-8-5/h5,8H,2-4H2,1H3,(H,7,9)/t5-/m0/s1. The zero-order chi connectivity index (χ0) is 6.69. The fourth-order valence-corrected chi connectivity index (χ4v) is 1.08. The Morgan fingerprint density at radius 2 is 2.56 bits per heavy atom. The van der Waals surface area contributed by atoms with E-state index in [4.69, 9.17) is 0 Å². The first-order chi connectivity index (χ1) is 4.34. The van der Waals surface area contributed by atoms with Crippen molar-refractivity contribution in [2.24, 2.45) is 0 Å². The number of carbonyl (C=O) groups is 1. The summed E-state index contributed by atoms with van der Waals surface area (Å²) in [6, 6.07) is 0.0787. The lowest BCUT2D eigenvalue weighted by Gasteiger charge is -2.05. The lowest BCUT2D eigenvalue weighted by molar-refractivity contribution is -0.122. The molecule has 0 aromatic heterocycles. The van der Waals surface area contributed by atoms with Gasteiger partial charge in [0.1, 0.15) is 0 Å². The lowest BCUT2D eigenvalue weighted by atomic mass is 10.2. The Hall–Kier alpha value is -0.570. The molecule has 1 heterocycles. The minimum Gasteiger partial charge on any atom is -0.358 e. The molecule has 1 fully saturated rings. The minimum atomic E-state index is 0.0787. The third kappa shape index (κ3) is 1.42. The van der Waals surface area contributed by atoms with Crippen molar-refractivity contribution in [2.75, 3.05) is 13.6 Å². The molecule has 1 aliphatic heterocycles. The van der Waals surface area contributed by atoms with Crippen LogP contribution in [0.15, 0.2) is 0 Å². The summed E-state index contributed by atoms with van der Waals surface area (Å²) in [6.45, 7) is 0.984. The van der Waals surface area contributed by atoms with Crippen molar-refractivity contribution in [1.29, 1.82) is 0 Å². The van der Waals surface area contributed by atoms with Gasteiger partial charge in [-0.15, -0.1) is 0 Å². The number of amides is 1. The summed E-state index contributed by atoms with van der Waals surface area (Å²) < 4.78 is 0. The minimum absolute atomic E-state index is 0.0787. The van der Waals surface area contributed by atoms with E-state index in [9.17, 15) is 4.79 Å². The maximum atomic E-state index is 10.8. The first kappa shape index (κ1) is 6.55. The van der Waals surface area contributed by atoms with Crippen LogP contribution in [0.5, 0.6) is 0 Å². The van der Waals surface area contributed by atoms with Gasteiger partial charge in [-0.25, -0.2) is 0 Å². The van der Waals surface area contributed by atoms with E-state index in [1.807, 2.05) is 0 Å². The van der Waals surface area contributed by atoms with E-state index in [0.29, 0.717) is 0 Å². The highest BCUT2D eigenvalue weighted by Gasteiger charge is 2.19. The zero-order valence-electron chi connectivity index (χ0n) is 5.61. The molecule has 3 heteroatoms. The molecular formula is C6H12N2O. The summed E-state index contributed by atoms with van der Waals surface area (Å²) in [4.78, 5) is 10.8. The molecule has 0 unspecified atom stereocenters. The molecule has 1 atom stereocenters. The van der Waals surface area contributed by atoms with E-state index in [2.05, 4.69) is 10.6 Å². The van der Waals surface area contributed by atoms with Crippen LogP contribution in [-0.2, 0) is 4.79 Å². The van der Waals surface area contributed by atoms with Crippen LogP contribution in [0.25, 0.3) is 0 Å². The number of carbonyl (C=O) groups excluding carboxylic acids is 1. The summed E-state index contributed by atoms with van der Waals surface area (Å²) in [5.74, 6) is 0.118. The molecule has 1 aliphatic rings. The van der Waals surface area contributed by atoms with Crippen LogP contribution in [0.2, 0.25) is 0 Å². The molecule has 1 amide bonds. The average Bonchev–Trinajstić information content (AvgIpc) is 2.37. The number of likely N-dealkylation sites (N-methyl/N-ethyl adjacent to an activating group) is 1. The Balaban J connectivity index is 2.32. The third-order valence-electron chi connectivity index (χ3n) is 1.62. The Morgan fingerprint density at radius 1 is 1.78 bits per heavy atom. The van der Waals surface area contributed by atoms with E-state index >= 15 is 0 Å². The Bertz CT molecular complexity index is 108. The lowest BCUT2D eigenvalue weighted by Crippen LogP contribution is -2.38. The van der Waals surface area contributed by atoms with Gasteiger partial charge in [0.2, 0.25) is 5.91 Å². The van der Waals surface area contributed by atoms with Crippen molar-refractivity contribution in [3.63, 3.8) is 0 Å². The van der Waals surface area contributed by atoms with Gasteiger partial charge in [-0.2, -0.15) is 0 Å². The molecule has 9 heavy (non-hydrogen) atoms. The van der Waals surface area contributed by atoms with Gasteiger partial charge < -0.3 is 10.6 Å². The topological polar surface area (TPSA) is 41.1 Å². The summed E-state index contributed by atoms with van der Waals surface area (Å²) in [6.07, 6.45) is 2.11. The van der Waals surface area contributed by atoms with Gasteiger partial charge >= 0.3 is 0 Å². The average molecular weight is 128 g/mol. The van der Waals surface area contributed by atoms with E-state index in [1.165, 1.54) is 0 Å². The Kier molecular flexibility index (Phi) is 2.05. The van der Waals surface area contributed by atoms with Crippen LogP contribution in [0.4, 0.5) is 0 Å². The van der Waals surface area contributed by atoms with Gasteiger partial charge in [0.05, 0.1) is 6.04 Å². The Morgan fingerprint density at radius 3 is 3.00 bits per heavy atom. The second kappa shape index (κ2) is 2.82. The first-order valence-electron chi connectivity index (χ1n) is 3.29. The first-order valence-corrected chi connectivity index (χ1v) is 3.29. The van der Waals surface area contributed by atoms with Crippen molar-refractivity contribution in [3.8, 4) is 0 Å². The summed E-state index contributed by atoms with van der Waals surface area (Å²) in [7, 11) is 1.67. The van der Waals surface area contributed by atoms with Crippen molar-refractivity contribution >= 4 is 5.91 Å². The number of rotatable bonds is 1. The van der Waals surface area contributed by atoms with Crippen LogP contribution in [0.3, 0.4) is 0 Å². The van der Waals surface area contributed by atoms with E-state index < -0.39 is 0 Å². The van der Waals surface area contributed by atoms with Crippen LogP contribution in [0.1, 0.15) is 12.8 Å². The van der Waals surface area contributed by atoms with Crippen LogP contribution in [-0.4, -0.2) is 25.5 Å². The molecule has 1 saturated heterocycles. The molecule has 0 aromatic rings. The monoisotopic (exact) mass is 128 g/mol. The molecule has 0 saturated carbocycles. The van der Waals surface area contributed by atoms with Gasteiger partial charge in [0.15, 0.2) is 0 Å². The predicted octanol–water partition coefficient (Wildman–Crippen LogP) is -0.516. The number of nitrogens with one attached hydrogen (secondary N) is 2. The van der Waals surface area contributed by atoms with Gasteiger partial charge in [-0.05, 0) is 19.4 Å². The van der Waals surface area contributed by atoms with Gasteiger partial charge in [-0.1, -0.05) is 0 Å². The maximum Gasteiger partial charge on any atom is 0.236 e. The second-order valence-corrected chi connectivity index (χ2v) is 2.26. The number of hydrogen-bond donors (Lipinski definition) is 2. The highest BCUT2D eigenvalue weighted by atomic mass is 16.2. The van der Waals surface area contributed by atoms with E-state index in [0.717, 1.165) is 19.4 Å². The van der Waals surface area contributed by atoms with Crippen LogP contribution >= 0.6 is 0 Å². The van der Waals surface area contributed by atoms with Gasteiger partial charge in [-0.3, -0.25) is 4.79 Å².